The molecule has 0 spiro atoms. The third-order valence-electron chi connectivity index (χ3n) is 3.89. The summed E-state index contributed by atoms with van der Waals surface area (Å²) in [7, 11) is 0. The van der Waals surface area contributed by atoms with E-state index in [1.54, 1.807) is 30.3 Å². The molecule has 0 radical (unpaired) electrons. The summed E-state index contributed by atoms with van der Waals surface area (Å²) < 4.78 is 12.0. The second-order valence-corrected chi connectivity index (χ2v) is 7.67. The van der Waals surface area contributed by atoms with E-state index in [4.69, 9.17) is 9.47 Å². The van der Waals surface area contributed by atoms with Gasteiger partial charge in [0.2, 0.25) is 0 Å². The van der Waals surface area contributed by atoms with Crippen molar-refractivity contribution in [3.8, 4) is 11.5 Å². The maximum atomic E-state index is 12.1. The van der Waals surface area contributed by atoms with Crippen LogP contribution in [0.15, 0.2) is 46.9 Å². The molecule has 0 unspecified atom stereocenters. The van der Waals surface area contributed by atoms with Crippen LogP contribution in [0, 0.1) is 12.8 Å². The van der Waals surface area contributed by atoms with E-state index in [9.17, 15) is 9.59 Å². The summed E-state index contributed by atoms with van der Waals surface area (Å²) in [6.45, 7) is 6.59. The van der Waals surface area contributed by atoms with E-state index >= 15 is 0 Å². The van der Waals surface area contributed by atoms with Crippen molar-refractivity contribution in [2.24, 2.45) is 5.92 Å². The second kappa shape index (κ2) is 10.7. The number of hydrogen-bond donors (Lipinski definition) is 2. The number of nitrogens with one attached hydrogen (secondary N) is 2. The molecule has 0 atom stereocenters. The molecular formula is C21H25BrN2O4. The molecule has 0 aliphatic rings. The highest BCUT2D eigenvalue weighted by Crippen LogP contribution is 2.22. The van der Waals surface area contributed by atoms with Gasteiger partial charge < -0.3 is 9.47 Å². The fourth-order valence-electron chi connectivity index (χ4n) is 2.27. The molecule has 28 heavy (non-hydrogen) atoms. The first-order valence-electron chi connectivity index (χ1n) is 9.06. The van der Waals surface area contributed by atoms with Crippen molar-refractivity contribution in [3.63, 3.8) is 0 Å². The van der Waals surface area contributed by atoms with Crippen molar-refractivity contribution in [1.82, 2.24) is 10.9 Å². The van der Waals surface area contributed by atoms with Crippen LogP contribution in [-0.2, 0) is 4.79 Å². The molecule has 2 aromatic carbocycles. The summed E-state index contributed by atoms with van der Waals surface area (Å²) in [6.07, 6.45) is 0.968. The number of ether oxygens (including phenoxy) is 2. The van der Waals surface area contributed by atoms with Gasteiger partial charge in [-0.2, -0.15) is 0 Å². The summed E-state index contributed by atoms with van der Waals surface area (Å²) in [5.41, 5.74) is 6.03. The Kier molecular flexibility index (Phi) is 8.32. The van der Waals surface area contributed by atoms with Crippen LogP contribution in [0.25, 0.3) is 0 Å². The average molecular weight is 449 g/mol. The van der Waals surface area contributed by atoms with Crippen molar-refractivity contribution in [2.45, 2.75) is 27.2 Å². The number of hydrogen-bond acceptors (Lipinski definition) is 4. The zero-order valence-corrected chi connectivity index (χ0v) is 17.8. The maximum absolute atomic E-state index is 12.1. The number of aryl methyl sites for hydroxylation is 1. The average Bonchev–Trinajstić information content (AvgIpc) is 2.65. The van der Waals surface area contributed by atoms with Crippen LogP contribution in [0.2, 0.25) is 0 Å². The highest BCUT2D eigenvalue weighted by atomic mass is 79.9. The van der Waals surface area contributed by atoms with Gasteiger partial charge in [-0.3, -0.25) is 20.4 Å². The largest absolute Gasteiger partial charge is 0.494 e. The first-order chi connectivity index (χ1) is 13.3. The van der Waals surface area contributed by atoms with E-state index in [0.717, 1.165) is 16.5 Å². The van der Waals surface area contributed by atoms with Crippen LogP contribution in [0.4, 0.5) is 0 Å². The minimum atomic E-state index is -0.454. The first kappa shape index (κ1) is 21.8. The fourth-order valence-corrected chi connectivity index (χ4v) is 2.74. The highest BCUT2D eigenvalue weighted by molar-refractivity contribution is 9.10. The topological polar surface area (TPSA) is 76.7 Å². The van der Waals surface area contributed by atoms with Crippen molar-refractivity contribution < 1.29 is 19.1 Å². The lowest BCUT2D eigenvalue weighted by atomic mass is 10.1. The van der Waals surface area contributed by atoms with E-state index in [1.165, 1.54) is 0 Å². The van der Waals surface area contributed by atoms with Gasteiger partial charge in [0.15, 0.2) is 6.61 Å². The maximum Gasteiger partial charge on any atom is 0.276 e. The summed E-state index contributed by atoms with van der Waals surface area (Å²) in [5, 5.41) is 0. The minimum absolute atomic E-state index is 0.203. The predicted molar refractivity (Wildman–Crippen MR) is 111 cm³/mol. The number of benzene rings is 2. The molecule has 0 aliphatic heterocycles. The zero-order chi connectivity index (χ0) is 20.5. The standard InChI is InChI=1S/C21H25BrN2O4/c1-14(2)10-11-27-18-7-4-16(5-8-18)21(26)24-23-20(25)13-28-19-9-6-17(22)12-15(19)3/h4-9,12,14H,10-11,13H2,1-3H3,(H,23,25)(H,24,26). The third kappa shape index (κ3) is 7.23. The number of carbonyl (C=O) groups is 2. The monoisotopic (exact) mass is 448 g/mol. The van der Waals surface area contributed by atoms with Gasteiger partial charge in [-0.1, -0.05) is 29.8 Å². The lowest BCUT2D eigenvalue weighted by Gasteiger charge is -2.11. The zero-order valence-electron chi connectivity index (χ0n) is 16.3. The molecule has 0 heterocycles. The molecule has 150 valence electrons. The van der Waals surface area contributed by atoms with Crippen molar-refractivity contribution in [1.29, 1.82) is 0 Å². The van der Waals surface area contributed by atoms with Gasteiger partial charge in [0.05, 0.1) is 6.61 Å². The molecule has 0 saturated heterocycles. The molecule has 0 bridgehead atoms. The van der Waals surface area contributed by atoms with Gasteiger partial charge >= 0.3 is 0 Å². The van der Waals surface area contributed by atoms with Gasteiger partial charge in [-0.25, -0.2) is 0 Å². The van der Waals surface area contributed by atoms with Gasteiger partial charge in [0.1, 0.15) is 11.5 Å². The van der Waals surface area contributed by atoms with Crippen molar-refractivity contribution >= 4 is 27.7 Å². The summed E-state index contributed by atoms with van der Waals surface area (Å²) >= 11 is 3.37. The van der Waals surface area contributed by atoms with Crippen molar-refractivity contribution in [2.75, 3.05) is 13.2 Å². The van der Waals surface area contributed by atoms with Crippen LogP contribution in [0.1, 0.15) is 36.2 Å². The molecule has 0 aromatic heterocycles. The Bertz CT molecular complexity index is 807. The normalized spacial score (nSPS) is 10.5. The van der Waals surface area contributed by atoms with E-state index in [-0.39, 0.29) is 6.61 Å². The molecule has 0 aliphatic carbocycles. The lowest BCUT2D eigenvalue weighted by molar-refractivity contribution is -0.123. The Balaban J connectivity index is 1.75. The number of hydrazine groups is 1. The molecule has 2 amide bonds. The van der Waals surface area contributed by atoms with Crippen molar-refractivity contribution in [3.05, 3.63) is 58.1 Å². The summed E-state index contributed by atoms with van der Waals surface area (Å²) in [5.74, 6) is 1.02. The van der Waals surface area contributed by atoms with Crippen LogP contribution < -0.4 is 20.3 Å². The SMILES string of the molecule is Cc1cc(Br)ccc1OCC(=O)NNC(=O)c1ccc(OCCC(C)C)cc1. The second-order valence-electron chi connectivity index (χ2n) is 6.76. The lowest BCUT2D eigenvalue weighted by Crippen LogP contribution is -2.43. The van der Waals surface area contributed by atoms with Gasteiger partial charge in [-0.15, -0.1) is 0 Å². The molecule has 6 nitrogen and oxygen atoms in total. The summed E-state index contributed by atoms with van der Waals surface area (Å²) in [4.78, 5) is 24.0. The smallest absolute Gasteiger partial charge is 0.276 e. The Hall–Kier alpha value is -2.54. The Morgan fingerprint density at radius 1 is 1.04 bits per heavy atom. The first-order valence-corrected chi connectivity index (χ1v) is 9.85. The molecular weight excluding hydrogens is 424 g/mol. The Morgan fingerprint density at radius 2 is 1.75 bits per heavy atom. The predicted octanol–water partition coefficient (Wildman–Crippen LogP) is 4.02. The fraction of sp³-hybridized carbons (Fsp3) is 0.333. The molecule has 2 aromatic rings. The molecule has 0 fully saturated rings. The van der Waals surface area contributed by atoms with E-state index in [0.29, 0.717) is 29.6 Å². The molecule has 2 N–H and O–H groups in total. The van der Waals surface area contributed by atoms with E-state index in [2.05, 4.69) is 40.6 Å². The highest BCUT2D eigenvalue weighted by Gasteiger charge is 2.09. The summed E-state index contributed by atoms with van der Waals surface area (Å²) in [6, 6.07) is 12.3. The van der Waals surface area contributed by atoms with Crippen LogP contribution in [-0.4, -0.2) is 25.0 Å². The van der Waals surface area contributed by atoms with Crippen LogP contribution in [0.5, 0.6) is 11.5 Å². The van der Waals surface area contributed by atoms with Crippen LogP contribution >= 0.6 is 15.9 Å². The number of carbonyl (C=O) groups excluding carboxylic acids is 2. The minimum Gasteiger partial charge on any atom is -0.494 e. The number of halogens is 1. The van der Waals surface area contributed by atoms with E-state index < -0.39 is 11.8 Å². The molecule has 0 saturated carbocycles. The quantitative estimate of drug-likeness (QED) is 0.597. The third-order valence-corrected chi connectivity index (χ3v) is 4.38. The van der Waals surface area contributed by atoms with Gasteiger partial charge in [-0.05, 0) is 67.3 Å². The molecule has 2 rings (SSSR count). The number of rotatable bonds is 8. The molecule has 7 heteroatoms. The van der Waals surface area contributed by atoms with Crippen LogP contribution in [0.3, 0.4) is 0 Å². The Morgan fingerprint density at radius 3 is 2.39 bits per heavy atom. The van der Waals surface area contributed by atoms with Gasteiger partial charge in [0, 0.05) is 10.0 Å². The Labute approximate surface area is 173 Å². The number of amides is 2. The van der Waals surface area contributed by atoms with E-state index in [1.807, 2.05) is 19.1 Å². The van der Waals surface area contributed by atoms with Gasteiger partial charge in [0.25, 0.3) is 11.8 Å².